The van der Waals surface area contributed by atoms with Gasteiger partial charge in [0.2, 0.25) is 0 Å². The van der Waals surface area contributed by atoms with E-state index in [2.05, 4.69) is 6.58 Å². The Morgan fingerprint density at radius 2 is 2.29 bits per heavy atom. The zero-order valence-electron chi connectivity index (χ0n) is 7.47. The van der Waals surface area contributed by atoms with Crippen LogP contribution in [0, 0.1) is 10.1 Å². The average Bonchev–Trinajstić information content (AvgIpc) is 2.14. The maximum absolute atomic E-state index is 10.5. The number of ether oxygens (including phenoxy) is 1. The molecule has 5 heteroatoms. The van der Waals surface area contributed by atoms with Crippen LogP contribution in [0.2, 0.25) is 0 Å². The van der Waals surface area contributed by atoms with Gasteiger partial charge >= 0.3 is 0 Å². The van der Waals surface area contributed by atoms with Crippen LogP contribution in [0.4, 0.5) is 11.4 Å². The average molecular weight is 194 g/mol. The second kappa shape index (κ2) is 4.27. The van der Waals surface area contributed by atoms with Crippen molar-refractivity contribution in [1.82, 2.24) is 0 Å². The van der Waals surface area contributed by atoms with Gasteiger partial charge in [0.15, 0.2) is 0 Å². The molecule has 0 amide bonds. The van der Waals surface area contributed by atoms with Gasteiger partial charge in [0.05, 0.1) is 11.0 Å². The second-order valence-corrected chi connectivity index (χ2v) is 2.62. The minimum absolute atomic E-state index is 0.0796. The molecule has 1 aromatic carbocycles. The zero-order chi connectivity index (χ0) is 10.6. The lowest BCUT2D eigenvalue weighted by Crippen LogP contribution is -1.96. The van der Waals surface area contributed by atoms with Crippen molar-refractivity contribution >= 4 is 11.4 Å². The molecule has 0 unspecified atom stereocenters. The van der Waals surface area contributed by atoms with Gasteiger partial charge in [0, 0.05) is 17.8 Å². The topological polar surface area (TPSA) is 78.4 Å². The molecule has 0 saturated heterocycles. The molecule has 0 radical (unpaired) electrons. The molecule has 1 rings (SSSR count). The third kappa shape index (κ3) is 2.48. The van der Waals surface area contributed by atoms with Gasteiger partial charge in [0.25, 0.3) is 5.69 Å². The van der Waals surface area contributed by atoms with Crippen LogP contribution in [0.15, 0.2) is 30.9 Å². The van der Waals surface area contributed by atoms with Gasteiger partial charge < -0.3 is 10.5 Å². The number of hydrogen-bond donors (Lipinski definition) is 1. The van der Waals surface area contributed by atoms with Crippen LogP contribution in [0.3, 0.4) is 0 Å². The number of non-ortho nitro benzene ring substituents is 1. The molecule has 0 heterocycles. The Bertz CT molecular complexity index is 363. The highest BCUT2D eigenvalue weighted by Crippen LogP contribution is 2.23. The van der Waals surface area contributed by atoms with E-state index in [1.165, 1.54) is 18.2 Å². The van der Waals surface area contributed by atoms with E-state index in [1.807, 2.05) is 0 Å². The quantitative estimate of drug-likeness (QED) is 0.342. The molecule has 1 aromatic rings. The largest absolute Gasteiger partial charge is 0.489 e. The normalized spacial score (nSPS) is 9.43. The first-order valence-electron chi connectivity index (χ1n) is 3.92. The zero-order valence-corrected chi connectivity index (χ0v) is 7.47. The molecule has 74 valence electrons. The van der Waals surface area contributed by atoms with Crippen molar-refractivity contribution in [3.8, 4) is 5.75 Å². The molecule has 0 aromatic heterocycles. The number of hydrogen-bond acceptors (Lipinski definition) is 4. The molecule has 0 spiro atoms. The van der Waals surface area contributed by atoms with E-state index in [0.717, 1.165) is 0 Å². The van der Waals surface area contributed by atoms with Gasteiger partial charge in [-0.3, -0.25) is 10.1 Å². The number of nitrogens with two attached hydrogens (primary N) is 1. The van der Waals surface area contributed by atoms with Gasteiger partial charge in [-0.15, -0.1) is 0 Å². The Hall–Kier alpha value is -2.04. The first-order chi connectivity index (χ1) is 6.63. The number of benzene rings is 1. The Morgan fingerprint density at radius 3 is 2.86 bits per heavy atom. The number of nitro benzene ring substituents is 1. The van der Waals surface area contributed by atoms with E-state index in [9.17, 15) is 10.1 Å². The van der Waals surface area contributed by atoms with E-state index >= 15 is 0 Å². The minimum atomic E-state index is -0.517. The van der Waals surface area contributed by atoms with E-state index in [0.29, 0.717) is 18.0 Å². The Kier molecular flexibility index (Phi) is 3.06. The molecule has 14 heavy (non-hydrogen) atoms. The monoisotopic (exact) mass is 194 g/mol. The summed E-state index contributed by atoms with van der Waals surface area (Å²) in [5.41, 5.74) is 5.68. The summed E-state index contributed by atoms with van der Waals surface area (Å²) in [6.45, 7) is 3.76. The van der Waals surface area contributed by atoms with Crippen LogP contribution in [0.5, 0.6) is 5.75 Å². The van der Waals surface area contributed by atoms with Crippen LogP contribution >= 0.6 is 0 Å². The molecule has 0 aliphatic rings. The lowest BCUT2D eigenvalue weighted by molar-refractivity contribution is -0.384. The predicted octanol–water partition coefficient (Wildman–Crippen LogP) is 1.74. The lowest BCUT2D eigenvalue weighted by Gasteiger charge is -2.03. The van der Waals surface area contributed by atoms with Crippen molar-refractivity contribution in [2.45, 2.75) is 0 Å². The fourth-order valence-electron chi connectivity index (χ4n) is 0.950. The third-order valence-electron chi connectivity index (χ3n) is 1.49. The summed E-state index contributed by atoms with van der Waals surface area (Å²) in [7, 11) is 0. The number of nitro groups is 1. The molecule has 2 N–H and O–H groups in total. The van der Waals surface area contributed by atoms with Crippen LogP contribution in [-0.2, 0) is 0 Å². The van der Waals surface area contributed by atoms with E-state index in [1.54, 1.807) is 6.08 Å². The summed E-state index contributed by atoms with van der Waals surface area (Å²) in [6.07, 6.45) is 1.55. The number of anilines is 1. The van der Waals surface area contributed by atoms with E-state index < -0.39 is 4.92 Å². The standard InChI is InChI=1S/C9H10N2O3/c1-2-3-14-9-5-7(10)4-8(6-9)11(12)13/h2,4-6H,1,3,10H2. The third-order valence-corrected chi connectivity index (χ3v) is 1.49. The first-order valence-corrected chi connectivity index (χ1v) is 3.92. The molecule has 0 aliphatic carbocycles. The fraction of sp³-hybridized carbons (Fsp3) is 0.111. The van der Waals surface area contributed by atoms with Crippen LogP contribution in [0.1, 0.15) is 0 Å². The molecule has 0 bridgehead atoms. The van der Waals surface area contributed by atoms with Crippen molar-refractivity contribution < 1.29 is 9.66 Å². The van der Waals surface area contributed by atoms with Gasteiger partial charge in [-0.25, -0.2) is 0 Å². The maximum atomic E-state index is 10.5. The summed E-state index contributed by atoms with van der Waals surface area (Å²) in [4.78, 5) is 9.94. The SMILES string of the molecule is C=CCOc1cc(N)cc([N+](=O)[O-])c1. The summed E-state index contributed by atoms with van der Waals surface area (Å²) in [5, 5.41) is 10.5. The van der Waals surface area contributed by atoms with Gasteiger partial charge in [-0.05, 0) is 0 Å². The Labute approximate surface area is 80.9 Å². The predicted molar refractivity (Wildman–Crippen MR) is 53.2 cm³/mol. The highest BCUT2D eigenvalue weighted by molar-refractivity contribution is 5.53. The summed E-state index contributed by atoms with van der Waals surface area (Å²) in [5.74, 6) is 0.372. The number of nitrogens with zero attached hydrogens (tertiary/aromatic N) is 1. The van der Waals surface area contributed by atoms with Gasteiger partial charge in [-0.1, -0.05) is 12.7 Å². The highest BCUT2D eigenvalue weighted by atomic mass is 16.6. The van der Waals surface area contributed by atoms with Gasteiger partial charge in [-0.2, -0.15) is 0 Å². The number of rotatable bonds is 4. The highest BCUT2D eigenvalue weighted by Gasteiger charge is 2.08. The summed E-state index contributed by atoms with van der Waals surface area (Å²) < 4.78 is 5.12. The molecule has 0 aliphatic heterocycles. The van der Waals surface area contributed by atoms with Crippen molar-refractivity contribution in [1.29, 1.82) is 0 Å². The number of nitrogen functional groups attached to an aromatic ring is 1. The van der Waals surface area contributed by atoms with Crippen molar-refractivity contribution in [2.75, 3.05) is 12.3 Å². The smallest absolute Gasteiger partial charge is 0.275 e. The van der Waals surface area contributed by atoms with Crippen LogP contribution in [0.25, 0.3) is 0 Å². The second-order valence-electron chi connectivity index (χ2n) is 2.62. The molecular weight excluding hydrogens is 184 g/mol. The summed E-state index contributed by atoms with van der Waals surface area (Å²) >= 11 is 0. The summed E-state index contributed by atoms with van der Waals surface area (Å²) in [6, 6.07) is 4.12. The molecular formula is C9H10N2O3. The Morgan fingerprint density at radius 1 is 1.57 bits per heavy atom. The lowest BCUT2D eigenvalue weighted by atomic mass is 10.2. The molecule has 0 fully saturated rings. The molecule has 5 nitrogen and oxygen atoms in total. The van der Waals surface area contributed by atoms with E-state index in [-0.39, 0.29) is 5.69 Å². The van der Waals surface area contributed by atoms with Crippen molar-refractivity contribution in [3.63, 3.8) is 0 Å². The minimum Gasteiger partial charge on any atom is -0.489 e. The molecule has 0 saturated carbocycles. The van der Waals surface area contributed by atoms with Crippen molar-refractivity contribution in [3.05, 3.63) is 41.0 Å². The maximum Gasteiger partial charge on any atom is 0.275 e. The molecule has 0 atom stereocenters. The first kappa shape index (κ1) is 10.0. The Balaban J connectivity index is 2.94. The van der Waals surface area contributed by atoms with Gasteiger partial charge in [0.1, 0.15) is 12.4 Å². The van der Waals surface area contributed by atoms with Crippen molar-refractivity contribution in [2.24, 2.45) is 0 Å². The fourth-order valence-corrected chi connectivity index (χ4v) is 0.950. The van der Waals surface area contributed by atoms with Crippen LogP contribution in [-0.4, -0.2) is 11.5 Å². The van der Waals surface area contributed by atoms with E-state index in [4.69, 9.17) is 10.5 Å². The van der Waals surface area contributed by atoms with Crippen LogP contribution < -0.4 is 10.5 Å².